The van der Waals surface area contributed by atoms with Crippen LogP contribution in [0.15, 0.2) is 30.3 Å². The predicted octanol–water partition coefficient (Wildman–Crippen LogP) is 3.27. The molecule has 0 N–H and O–H groups in total. The molecule has 0 aliphatic rings. The highest BCUT2D eigenvalue weighted by atomic mass is 79.9. The van der Waals surface area contributed by atoms with Crippen LogP contribution in [0.25, 0.3) is 0 Å². The third-order valence-electron chi connectivity index (χ3n) is 1.63. The summed E-state index contributed by atoms with van der Waals surface area (Å²) in [5, 5.41) is 0.337. The van der Waals surface area contributed by atoms with Crippen molar-refractivity contribution in [1.82, 2.24) is 0 Å². The van der Waals surface area contributed by atoms with Gasteiger partial charge in [0.2, 0.25) is 0 Å². The van der Waals surface area contributed by atoms with Crippen LogP contribution in [-0.4, -0.2) is 5.33 Å². The van der Waals surface area contributed by atoms with E-state index in [1.54, 1.807) is 19.1 Å². The second-order valence-electron chi connectivity index (χ2n) is 2.70. The lowest BCUT2D eigenvalue weighted by Crippen LogP contribution is -2.16. The maximum atomic E-state index is 13.5. The van der Waals surface area contributed by atoms with Crippen LogP contribution >= 0.6 is 15.9 Å². The molecule has 0 bridgehead atoms. The summed E-state index contributed by atoms with van der Waals surface area (Å²) in [6, 6.07) is 9.15. The fourth-order valence-corrected chi connectivity index (χ4v) is 1.19. The van der Waals surface area contributed by atoms with Crippen LogP contribution in [0, 0.1) is 0 Å². The molecule has 0 amide bonds. The zero-order valence-corrected chi connectivity index (χ0v) is 7.94. The summed E-state index contributed by atoms with van der Waals surface area (Å²) < 4.78 is 13.5. The van der Waals surface area contributed by atoms with Gasteiger partial charge in [-0.15, -0.1) is 0 Å². The summed E-state index contributed by atoms with van der Waals surface area (Å²) in [5.41, 5.74) is -0.529. The molecule has 2 heteroatoms. The lowest BCUT2D eigenvalue weighted by atomic mass is 10.0. The molecule has 0 spiro atoms. The molecule has 0 aliphatic carbocycles. The number of hydrogen-bond donors (Lipinski definition) is 0. The molecule has 0 aromatic heterocycles. The zero-order chi connectivity index (χ0) is 8.32. The van der Waals surface area contributed by atoms with Crippen LogP contribution in [0.1, 0.15) is 12.5 Å². The van der Waals surface area contributed by atoms with E-state index in [-0.39, 0.29) is 0 Å². The van der Waals surface area contributed by atoms with Gasteiger partial charge in [-0.25, -0.2) is 4.39 Å². The Morgan fingerprint density at radius 3 is 2.36 bits per heavy atom. The Bertz CT molecular complexity index is 218. The van der Waals surface area contributed by atoms with Crippen molar-refractivity contribution in [3.8, 4) is 0 Å². The molecular formula is C9H10BrF. The Morgan fingerprint density at radius 1 is 1.36 bits per heavy atom. The van der Waals surface area contributed by atoms with E-state index in [0.29, 0.717) is 5.33 Å². The first kappa shape index (κ1) is 8.72. The summed E-state index contributed by atoms with van der Waals surface area (Å²) in [4.78, 5) is 0. The van der Waals surface area contributed by atoms with Crippen molar-refractivity contribution < 1.29 is 4.39 Å². The third-order valence-corrected chi connectivity index (χ3v) is 2.68. The van der Waals surface area contributed by atoms with Crippen LogP contribution in [-0.2, 0) is 5.67 Å². The summed E-state index contributed by atoms with van der Waals surface area (Å²) in [6.07, 6.45) is 0. The lowest BCUT2D eigenvalue weighted by Gasteiger charge is -2.16. The average Bonchev–Trinajstić information content (AvgIpc) is 2.06. The van der Waals surface area contributed by atoms with E-state index >= 15 is 0 Å². The monoisotopic (exact) mass is 216 g/mol. The normalized spacial score (nSPS) is 15.9. The standard InChI is InChI=1S/C9H10BrF/c1-9(11,7-10)8-5-3-2-4-6-8/h2-6H,7H2,1H3/t9-/m0/s1. The topological polar surface area (TPSA) is 0 Å². The van der Waals surface area contributed by atoms with Crippen LogP contribution in [0.4, 0.5) is 4.39 Å². The fraction of sp³-hybridized carbons (Fsp3) is 0.333. The highest BCUT2D eigenvalue weighted by Gasteiger charge is 2.23. The van der Waals surface area contributed by atoms with Gasteiger partial charge in [0, 0.05) is 5.33 Å². The first-order chi connectivity index (χ1) is 5.17. The van der Waals surface area contributed by atoms with Gasteiger partial charge in [0.15, 0.2) is 0 Å². The van der Waals surface area contributed by atoms with Gasteiger partial charge in [-0.1, -0.05) is 46.3 Å². The van der Waals surface area contributed by atoms with E-state index in [2.05, 4.69) is 15.9 Å². The largest absolute Gasteiger partial charge is 0.238 e. The molecular weight excluding hydrogens is 207 g/mol. The molecule has 0 nitrogen and oxygen atoms in total. The molecule has 1 atom stereocenters. The van der Waals surface area contributed by atoms with Crippen LogP contribution in [0.2, 0.25) is 0 Å². The van der Waals surface area contributed by atoms with Crippen LogP contribution in [0.5, 0.6) is 0 Å². The number of hydrogen-bond acceptors (Lipinski definition) is 0. The zero-order valence-electron chi connectivity index (χ0n) is 6.35. The number of benzene rings is 1. The maximum Gasteiger partial charge on any atom is 0.142 e. The Kier molecular flexibility index (Phi) is 2.66. The van der Waals surface area contributed by atoms with Gasteiger partial charge < -0.3 is 0 Å². The first-order valence-corrected chi connectivity index (χ1v) is 4.59. The molecule has 0 unspecified atom stereocenters. The molecule has 0 saturated heterocycles. The molecule has 11 heavy (non-hydrogen) atoms. The summed E-state index contributed by atoms with van der Waals surface area (Å²) in [7, 11) is 0. The molecule has 1 aromatic rings. The Labute approximate surface area is 74.6 Å². The molecule has 0 saturated carbocycles. The van der Waals surface area contributed by atoms with Crippen molar-refractivity contribution in [2.24, 2.45) is 0 Å². The van der Waals surface area contributed by atoms with Crippen molar-refractivity contribution in [3.63, 3.8) is 0 Å². The van der Waals surface area contributed by atoms with Gasteiger partial charge >= 0.3 is 0 Å². The van der Waals surface area contributed by atoms with Crippen molar-refractivity contribution >= 4 is 15.9 Å². The highest BCUT2D eigenvalue weighted by Crippen LogP contribution is 2.26. The highest BCUT2D eigenvalue weighted by molar-refractivity contribution is 9.09. The fourth-order valence-electron chi connectivity index (χ4n) is 0.863. The second kappa shape index (κ2) is 3.35. The second-order valence-corrected chi connectivity index (χ2v) is 3.26. The van der Waals surface area contributed by atoms with Gasteiger partial charge in [-0.2, -0.15) is 0 Å². The van der Waals surface area contributed by atoms with Crippen LogP contribution < -0.4 is 0 Å². The van der Waals surface area contributed by atoms with E-state index in [0.717, 1.165) is 5.56 Å². The van der Waals surface area contributed by atoms with E-state index in [4.69, 9.17) is 0 Å². The number of rotatable bonds is 2. The average molecular weight is 217 g/mol. The third kappa shape index (κ3) is 2.03. The Morgan fingerprint density at radius 2 is 1.91 bits per heavy atom. The summed E-state index contributed by atoms with van der Waals surface area (Å²) in [5.74, 6) is 0. The Balaban J connectivity index is 2.93. The minimum atomic E-state index is -1.25. The minimum Gasteiger partial charge on any atom is -0.238 e. The van der Waals surface area contributed by atoms with E-state index < -0.39 is 5.67 Å². The minimum absolute atomic E-state index is 0.337. The predicted molar refractivity (Wildman–Crippen MR) is 48.7 cm³/mol. The molecule has 1 rings (SSSR count). The van der Waals surface area contributed by atoms with Gasteiger partial charge in [0.25, 0.3) is 0 Å². The molecule has 60 valence electrons. The molecule has 1 aromatic carbocycles. The van der Waals surface area contributed by atoms with E-state index in [9.17, 15) is 4.39 Å². The molecule has 0 fully saturated rings. The number of alkyl halides is 2. The van der Waals surface area contributed by atoms with Gasteiger partial charge in [-0.05, 0) is 12.5 Å². The maximum absolute atomic E-state index is 13.5. The van der Waals surface area contributed by atoms with Gasteiger partial charge in [0.1, 0.15) is 5.67 Å². The molecule has 0 radical (unpaired) electrons. The van der Waals surface area contributed by atoms with Crippen molar-refractivity contribution in [3.05, 3.63) is 35.9 Å². The van der Waals surface area contributed by atoms with E-state index in [1.807, 2.05) is 18.2 Å². The van der Waals surface area contributed by atoms with Crippen LogP contribution in [0.3, 0.4) is 0 Å². The van der Waals surface area contributed by atoms with Gasteiger partial charge in [0.05, 0.1) is 0 Å². The lowest BCUT2D eigenvalue weighted by molar-refractivity contribution is 0.230. The first-order valence-electron chi connectivity index (χ1n) is 3.47. The van der Waals surface area contributed by atoms with Crippen molar-refractivity contribution in [2.45, 2.75) is 12.6 Å². The summed E-state index contributed by atoms with van der Waals surface area (Å²) >= 11 is 3.13. The van der Waals surface area contributed by atoms with Crippen molar-refractivity contribution in [2.75, 3.05) is 5.33 Å². The van der Waals surface area contributed by atoms with Gasteiger partial charge in [-0.3, -0.25) is 0 Å². The number of halogens is 2. The molecule has 0 heterocycles. The van der Waals surface area contributed by atoms with Crippen molar-refractivity contribution in [1.29, 1.82) is 0 Å². The Hall–Kier alpha value is -0.370. The SMILES string of the molecule is C[C@](F)(CBr)c1ccccc1. The van der Waals surface area contributed by atoms with E-state index in [1.165, 1.54) is 0 Å². The smallest absolute Gasteiger partial charge is 0.142 e. The summed E-state index contributed by atoms with van der Waals surface area (Å²) in [6.45, 7) is 1.57. The quantitative estimate of drug-likeness (QED) is 0.667. The molecule has 0 aliphatic heterocycles.